The minimum absolute atomic E-state index is 0.192. The van der Waals surface area contributed by atoms with E-state index < -0.39 is 0 Å². The molecule has 0 aliphatic carbocycles. The highest BCUT2D eigenvalue weighted by Gasteiger charge is 2.08. The largest absolute Gasteiger partial charge is 0.322 e. The van der Waals surface area contributed by atoms with E-state index in [0.717, 1.165) is 12.2 Å². The van der Waals surface area contributed by atoms with Crippen LogP contribution in [0.2, 0.25) is 5.15 Å². The third kappa shape index (κ3) is 4.55. The summed E-state index contributed by atoms with van der Waals surface area (Å²) in [5.74, 6) is -0.192. The van der Waals surface area contributed by atoms with Gasteiger partial charge >= 0.3 is 0 Å². The van der Waals surface area contributed by atoms with Gasteiger partial charge in [0, 0.05) is 23.5 Å². The van der Waals surface area contributed by atoms with Crippen molar-refractivity contribution >= 4 is 23.2 Å². The van der Waals surface area contributed by atoms with Crippen LogP contribution in [0.25, 0.3) is 0 Å². The summed E-state index contributed by atoms with van der Waals surface area (Å²) < 4.78 is 0. The lowest BCUT2D eigenvalue weighted by Crippen LogP contribution is -2.13. The zero-order valence-electron chi connectivity index (χ0n) is 12.4. The fourth-order valence-corrected chi connectivity index (χ4v) is 2.27. The topological polar surface area (TPSA) is 45.2 Å². The van der Waals surface area contributed by atoms with Crippen LogP contribution in [0.5, 0.6) is 0 Å². The van der Waals surface area contributed by atoms with Gasteiger partial charge in [0.15, 0.2) is 0 Å². The molecule has 4 nitrogen and oxygen atoms in total. The molecular weight excluding hydrogens is 286 g/mol. The molecule has 0 unspecified atom stereocenters. The van der Waals surface area contributed by atoms with Gasteiger partial charge in [-0.25, -0.2) is 4.98 Å². The normalized spacial score (nSPS) is 10.7. The van der Waals surface area contributed by atoms with Crippen molar-refractivity contribution in [3.05, 3.63) is 58.4 Å². The molecule has 1 aromatic heterocycles. The summed E-state index contributed by atoms with van der Waals surface area (Å²) >= 11 is 5.87. The molecule has 5 heteroatoms. The number of halogens is 1. The Morgan fingerprint density at radius 3 is 2.48 bits per heavy atom. The molecule has 0 saturated carbocycles. The van der Waals surface area contributed by atoms with Gasteiger partial charge in [0.05, 0.1) is 0 Å². The van der Waals surface area contributed by atoms with Crippen LogP contribution in [0.15, 0.2) is 36.4 Å². The van der Waals surface area contributed by atoms with Gasteiger partial charge in [-0.1, -0.05) is 23.7 Å². The van der Waals surface area contributed by atoms with E-state index in [0.29, 0.717) is 16.4 Å². The summed E-state index contributed by atoms with van der Waals surface area (Å²) in [6.07, 6.45) is 0. The molecule has 1 amide bonds. The molecule has 2 aromatic rings. The van der Waals surface area contributed by atoms with E-state index in [9.17, 15) is 4.79 Å². The molecule has 0 fully saturated rings. The second-order valence-electron chi connectivity index (χ2n) is 5.21. The summed E-state index contributed by atoms with van der Waals surface area (Å²) in [7, 11) is 4.04. The number of amides is 1. The van der Waals surface area contributed by atoms with Crippen molar-refractivity contribution in [3.8, 4) is 0 Å². The van der Waals surface area contributed by atoms with E-state index >= 15 is 0 Å². The van der Waals surface area contributed by atoms with Crippen LogP contribution in [0.3, 0.4) is 0 Å². The van der Waals surface area contributed by atoms with Crippen LogP contribution in [-0.4, -0.2) is 29.9 Å². The van der Waals surface area contributed by atoms with Crippen molar-refractivity contribution in [2.75, 3.05) is 19.4 Å². The van der Waals surface area contributed by atoms with Crippen molar-refractivity contribution in [2.45, 2.75) is 13.5 Å². The lowest BCUT2D eigenvalue weighted by atomic mass is 10.2. The van der Waals surface area contributed by atoms with E-state index in [1.54, 1.807) is 19.1 Å². The van der Waals surface area contributed by atoms with Gasteiger partial charge in [-0.3, -0.25) is 4.79 Å². The first-order chi connectivity index (χ1) is 9.94. The minimum Gasteiger partial charge on any atom is -0.322 e. The molecule has 1 N–H and O–H groups in total. The number of nitrogens with one attached hydrogen (secondary N) is 1. The van der Waals surface area contributed by atoms with Crippen LogP contribution in [0.4, 0.5) is 5.69 Å². The fraction of sp³-hybridized carbons (Fsp3) is 0.250. The minimum atomic E-state index is -0.192. The first-order valence-electron chi connectivity index (χ1n) is 6.63. The first-order valence-corrected chi connectivity index (χ1v) is 7.01. The molecule has 2 rings (SSSR count). The van der Waals surface area contributed by atoms with Crippen LogP contribution in [-0.2, 0) is 6.54 Å². The number of pyridine rings is 1. The van der Waals surface area contributed by atoms with Gasteiger partial charge in [0.2, 0.25) is 0 Å². The summed E-state index contributed by atoms with van der Waals surface area (Å²) in [5.41, 5.74) is 3.17. The Morgan fingerprint density at radius 2 is 1.90 bits per heavy atom. The number of rotatable bonds is 4. The molecule has 0 radical (unpaired) electrons. The second-order valence-corrected chi connectivity index (χ2v) is 5.60. The van der Waals surface area contributed by atoms with Crippen LogP contribution in [0, 0.1) is 6.92 Å². The zero-order chi connectivity index (χ0) is 15.4. The quantitative estimate of drug-likeness (QED) is 0.881. The van der Waals surface area contributed by atoms with Gasteiger partial charge in [-0.2, -0.15) is 0 Å². The van der Waals surface area contributed by atoms with Crippen LogP contribution in [0.1, 0.15) is 21.6 Å². The SMILES string of the molecule is Cc1cc(C(=O)Nc2ccc(CN(C)C)cc2)cc(Cl)n1. The number of benzene rings is 1. The highest BCUT2D eigenvalue weighted by atomic mass is 35.5. The van der Waals surface area contributed by atoms with E-state index in [1.807, 2.05) is 38.4 Å². The molecule has 1 aromatic carbocycles. The Kier molecular flexibility index (Phi) is 4.94. The van der Waals surface area contributed by atoms with Crippen molar-refractivity contribution in [2.24, 2.45) is 0 Å². The molecule has 0 bridgehead atoms. The van der Waals surface area contributed by atoms with Gasteiger partial charge in [0.1, 0.15) is 5.15 Å². The Bertz CT molecular complexity index is 618. The number of aromatic nitrogens is 1. The number of hydrogen-bond acceptors (Lipinski definition) is 3. The Hall–Kier alpha value is -1.91. The van der Waals surface area contributed by atoms with Crippen LogP contribution < -0.4 is 5.32 Å². The maximum absolute atomic E-state index is 12.2. The van der Waals surface area contributed by atoms with E-state index in [1.165, 1.54) is 5.56 Å². The molecule has 21 heavy (non-hydrogen) atoms. The summed E-state index contributed by atoms with van der Waals surface area (Å²) in [6, 6.07) is 11.1. The summed E-state index contributed by atoms with van der Waals surface area (Å²) in [4.78, 5) is 18.3. The van der Waals surface area contributed by atoms with Gasteiger partial charge < -0.3 is 10.2 Å². The number of aryl methyl sites for hydroxylation is 1. The lowest BCUT2D eigenvalue weighted by molar-refractivity contribution is 0.102. The second kappa shape index (κ2) is 6.70. The van der Waals surface area contributed by atoms with E-state index in [2.05, 4.69) is 15.2 Å². The van der Waals surface area contributed by atoms with Crippen molar-refractivity contribution in [1.29, 1.82) is 0 Å². The monoisotopic (exact) mass is 303 g/mol. The Balaban J connectivity index is 2.08. The highest BCUT2D eigenvalue weighted by Crippen LogP contribution is 2.15. The molecule has 110 valence electrons. The molecule has 1 heterocycles. The standard InChI is InChI=1S/C16H18ClN3O/c1-11-8-13(9-15(17)18-11)16(21)19-14-6-4-12(5-7-14)10-20(2)3/h4-9H,10H2,1-3H3,(H,19,21). The van der Waals surface area contributed by atoms with Gasteiger partial charge in [0.25, 0.3) is 5.91 Å². The molecule has 0 atom stereocenters. The van der Waals surface area contributed by atoms with E-state index in [-0.39, 0.29) is 5.91 Å². The third-order valence-corrected chi connectivity index (χ3v) is 3.09. The Morgan fingerprint density at radius 1 is 1.24 bits per heavy atom. The average molecular weight is 304 g/mol. The van der Waals surface area contributed by atoms with Gasteiger partial charge in [-0.15, -0.1) is 0 Å². The summed E-state index contributed by atoms with van der Waals surface area (Å²) in [6.45, 7) is 2.67. The maximum Gasteiger partial charge on any atom is 0.255 e. The predicted molar refractivity (Wildman–Crippen MR) is 85.8 cm³/mol. The average Bonchev–Trinajstić information content (AvgIpc) is 2.39. The van der Waals surface area contributed by atoms with Crippen molar-refractivity contribution in [1.82, 2.24) is 9.88 Å². The zero-order valence-corrected chi connectivity index (χ0v) is 13.1. The lowest BCUT2D eigenvalue weighted by Gasteiger charge is -2.11. The summed E-state index contributed by atoms with van der Waals surface area (Å²) in [5, 5.41) is 3.18. The Labute approximate surface area is 129 Å². The molecule has 0 aliphatic heterocycles. The number of nitrogens with zero attached hydrogens (tertiary/aromatic N) is 2. The van der Waals surface area contributed by atoms with Crippen molar-refractivity contribution < 1.29 is 4.79 Å². The number of carbonyl (C=O) groups is 1. The van der Waals surface area contributed by atoms with Crippen molar-refractivity contribution in [3.63, 3.8) is 0 Å². The maximum atomic E-state index is 12.2. The highest BCUT2D eigenvalue weighted by molar-refractivity contribution is 6.29. The fourth-order valence-electron chi connectivity index (χ4n) is 2.02. The smallest absolute Gasteiger partial charge is 0.255 e. The predicted octanol–water partition coefficient (Wildman–Crippen LogP) is 3.36. The molecule has 0 spiro atoms. The molecule has 0 aliphatic rings. The number of anilines is 1. The van der Waals surface area contributed by atoms with E-state index in [4.69, 9.17) is 11.6 Å². The number of carbonyl (C=O) groups excluding carboxylic acids is 1. The number of hydrogen-bond donors (Lipinski definition) is 1. The van der Waals surface area contributed by atoms with Gasteiger partial charge in [-0.05, 0) is 50.8 Å². The molecule has 0 saturated heterocycles. The van der Waals surface area contributed by atoms with Crippen LogP contribution >= 0.6 is 11.6 Å². The third-order valence-electron chi connectivity index (χ3n) is 2.89. The molecular formula is C16H18ClN3O. The first kappa shape index (κ1) is 15.5.